The second-order valence-electron chi connectivity index (χ2n) is 5.25. The number of benzene rings is 3. The van der Waals surface area contributed by atoms with Crippen LogP contribution < -0.4 is 0 Å². The largest absolute Gasteiger partial charge is 0.287 e. The van der Waals surface area contributed by atoms with Gasteiger partial charge in [-0.05, 0) is 22.4 Å². The second-order valence-corrected chi connectivity index (χ2v) is 6.35. The van der Waals surface area contributed by atoms with Gasteiger partial charge in [-0.1, -0.05) is 78.5 Å². The molecule has 1 atom stereocenters. The molecule has 0 unspecified atom stereocenters. The summed E-state index contributed by atoms with van der Waals surface area (Å²) in [5.41, 5.74) is 0.891. The quantitative estimate of drug-likeness (QED) is 0.624. The number of carbonyl (C=O) groups excluding carboxylic acids is 1. The molecule has 0 bridgehead atoms. The van der Waals surface area contributed by atoms with Crippen molar-refractivity contribution in [2.24, 2.45) is 0 Å². The predicted molar refractivity (Wildman–Crippen MR) is 94.2 cm³/mol. The molecular weight excluding hydrogens is 302 g/mol. The number of carbonyl (C=O) groups is 1. The van der Waals surface area contributed by atoms with E-state index in [1.165, 1.54) is 11.8 Å². The van der Waals surface area contributed by atoms with Gasteiger partial charge in [-0.15, -0.1) is 0 Å². The van der Waals surface area contributed by atoms with Gasteiger partial charge in [-0.2, -0.15) is 5.26 Å². The molecule has 0 aromatic heterocycles. The van der Waals surface area contributed by atoms with Gasteiger partial charge in [0, 0.05) is 11.3 Å². The summed E-state index contributed by atoms with van der Waals surface area (Å²) in [6.45, 7) is 0. The van der Waals surface area contributed by atoms with E-state index in [0.717, 1.165) is 21.2 Å². The first kappa shape index (κ1) is 15.3. The van der Waals surface area contributed by atoms with E-state index in [1.807, 2.05) is 72.8 Å². The third-order valence-electron chi connectivity index (χ3n) is 3.70. The van der Waals surface area contributed by atoms with Gasteiger partial charge in [0.05, 0.1) is 12.0 Å². The fourth-order valence-corrected chi connectivity index (χ4v) is 3.48. The van der Waals surface area contributed by atoms with E-state index in [-0.39, 0.29) is 11.5 Å². The summed E-state index contributed by atoms with van der Waals surface area (Å²) in [7, 11) is 0. The minimum absolute atomic E-state index is 0.0109. The summed E-state index contributed by atoms with van der Waals surface area (Å²) < 4.78 is 0. The number of hydrogen-bond acceptors (Lipinski definition) is 3. The van der Waals surface area contributed by atoms with Gasteiger partial charge in [-0.25, -0.2) is 0 Å². The molecule has 0 aliphatic rings. The highest BCUT2D eigenvalue weighted by Gasteiger charge is 2.17. The van der Waals surface area contributed by atoms with Crippen LogP contribution in [0.1, 0.15) is 17.9 Å². The van der Waals surface area contributed by atoms with E-state index in [2.05, 4.69) is 6.07 Å². The van der Waals surface area contributed by atoms with Gasteiger partial charge in [0.25, 0.3) is 0 Å². The molecule has 0 aliphatic carbocycles. The van der Waals surface area contributed by atoms with Crippen LogP contribution in [0.4, 0.5) is 0 Å². The van der Waals surface area contributed by atoms with Crippen molar-refractivity contribution < 1.29 is 4.79 Å². The Kier molecular flexibility index (Phi) is 4.75. The van der Waals surface area contributed by atoms with Gasteiger partial charge < -0.3 is 0 Å². The normalized spacial score (nSPS) is 11.8. The fourth-order valence-electron chi connectivity index (χ4n) is 2.54. The average molecular weight is 317 g/mol. The van der Waals surface area contributed by atoms with Crippen molar-refractivity contribution in [3.63, 3.8) is 0 Å². The van der Waals surface area contributed by atoms with Crippen LogP contribution in [0.5, 0.6) is 0 Å². The van der Waals surface area contributed by atoms with E-state index in [4.69, 9.17) is 0 Å². The van der Waals surface area contributed by atoms with Gasteiger partial charge in [0.15, 0.2) is 5.12 Å². The van der Waals surface area contributed by atoms with Gasteiger partial charge in [0.1, 0.15) is 0 Å². The first-order valence-electron chi connectivity index (χ1n) is 7.41. The SMILES string of the molecule is N#C[C@H](CC(=O)Sc1cccc2ccccc12)c1ccccc1. The minimum atomic E-state index is -0.397. The Morgan fingerprint density at radius 2 is 1.65 bits per heavy atom. The Labute approximate surface area is 139 Å². The number of thioether (sulfide) groups is 1. The lowest BCUT2D eigenvalue weighted by Gasteiger charge is -2.09. The number of hydrogen-bond donors (Lipinski definition) is 0. The molecule has 112 valence electrons. The number of nitriles is 1. The molecule has 0 spiro atoms. The molecule has 3 rings (SSSR count). The van der Waals surface area contributed by atoms with Crippen molar-refractivity contribution in [3.05, 3.63) is 78.4 Å². The molecular formula is C20H15NOS. The molecule has 0 fully saturated rings. The molecule has 0 radical (unpaired) electrons. The molecule has 2 nitrogen and oxygen atoms in total. The zero-order chi connectivity index (χ0) is 16.1. The van der Waals surface area contributed by atoms with Crippen LogP contribution in [0.15, 0.2) is 77.7 Å². The number of rotatable bonds is 4. The van der Waals surface area contributed by atoms with Crippen molar-refractivity contribution in [2.75, 3.05) is 0 Å². The van der Waals surface area contributed by atoms with Crippen LogP contribution in [0.3, 0.4) is 0 Å². The highest BCUT2D eigenvalue weighted by Crippen LogP contribution is 2.31. The molecule has 0 aliphatic heterocycles. The van der Waals surface area contributed by atoms with Crippen LogP contribution >= 0.6 is 11.8 Å². The van der Waals surface area contributed by atoms with Crippen molar-refractivity contribution in [2.45, 2.75) is 17.2 Å². The zero-order valence-corrected chi connectivity index (χ0v) is 13.3. The summed E-state index contributed by atoms with van der Waals surface area (Å²) in [4.78, 5) is 13.4. The molecule has 3 aromatic rings. The van der Waals surface area contributed by atoms with E-state index in [1.54, 1.807) is 0 Å². The molecule has 3 heteroatoms. The Balaban J connectivity index is 1.77. The zero-order valence-electron chi connectivity index (χ0n) is 12.5. The average Bonchev–Trinajstić information content (AvgIpc) is 2.61. The Bertz CT molecular complexity index is 862. The third-order valence-corrected chi connectivity index (χ3v) is 4.67. The summed E-state index contributed by atoms with van der Waals surface area (Å²) >= 11 is 1.22. The van der Waals surface area contributed by atoms with E-state index in [9.17, 15) is 10.1 Å². The maximum atomic E-state index is 12.4. The van der Waals surface area contributed by atoms with Crippen molar-refractivity contribution in [1.29, 1.82) is 5.26 Å². The fraction of sp³-hybridized carbons (Fsp3) is 0.100. The van der Waals surface area contributed by atoms with Gasteiger partial charge in [-0.3, -0.25) is 4.79 Å². The first-order valence-corrected chi connectivity index (χ1v) is 8.22. The van der Waals surface area contributed by atoms with Crippen molar-refractivity contribution in [1.82, 2.24) is 0 Å². The van der Waals surface area contributed by atoms with Crippen LogP contribution in [0.25, 0.3) is 10.8 Å². The summed E-state index contributed by atoms with van der Waals surface area (Å²) in [6.07, 6.45) is 0.217. The molecule has 0 saturated heterocycles. The monoisotopic (exact) mass is 317 g/mol. The molecule has 23 heavy (non-hydrogen) atoms. The van der Waals surface area contributed by atoms with Crippen LogP contribution in [0.2, 0.25) is 0 Å². The Morgan fingerprint density at radius 1 is 0.957 bits per heavy atom. The Hall–Kier alpha value is -2.57. The van der Waals surface area contributed by atoms with Gasteiger partial charge >= 0.3 is 0 Å². The Morgan fingerprint density at radius 3 is 2.43 bits per heavy atom. The van der Waals surface area contributed by atoms with Crippen molar-refractivity contribution >= 4 is 27.6 Å². The van der Waals surface area contributed by atoms with Gasteiger partial charge in [0.2, 0.25) is 0 Å². The highest BCUT2D eigenvalue weighted by molar-refractivity contribution is 8.13. The molecule has 0 heterocycles. The summed E-state index contributed by atoms with van der Waals surface area (Å²) in [5, 5.41) is 11.6. The predicted octanol–water partition coefficient (Wildman–Crippen LogP) is 5.16. The lowest BCUT2D eigenvalue weighted by atomic mass is 9.98. The lowest BCUT2D eigenvalue weighted by Crippen LogP contribution is -2.02. The maximum absolute atomic E-state index is 12.4. The summed E-state index contributed by atoms with van der Waals surface area (Å²) in [6, 6.07) is 25.7. The number of fused-ring (bicyclic) bond motifs is 1. The van der Waals surface area contributed by atoms with Crippen LogP contribution in [-0.4, -0.2) is 5.12 Å². The van der Waals surface area contributed by atoms with E-state index >= 15 is 0 Å². The van der Waals surface area contributed by atoms with Crippen molar-refractivity contribution in [3.8, 4) is 6.07 Å². The van der Waals surface area contributed by atoms with E-state index < -0.39 is 5.92 Å². The molecule has 0 amide bonds. The molecule has 3 aromatic carbocycles. The molecule has 0 saturated carbocycles. The number of nitrogens with zero attached hydrogens (tertiary/aromatic N) is 1. The van der Waals surface area contributed by atoms with Crippen LogP contribution in [-0.2, 0) is 4.79 Å². The topological polar surface area (TPSA) is 40.9 Å². The van der Waals surface area contributed by atoms with Crippen LogP contribution in [0, 0.1) is 11.3 Å². The smallest absolute Gasteiger partial charge is 0.195 e. The molecule has 0 N–H and O–H groups in total. The third kappa shape index (κ3) is 3.61. The maximum Gasteiger partial charge on any atom is 0.195 e. The second kappa shape index (κ2) is 7.13. The lowest BCUT2D eigenvalue weighted by molar-refractivity contribution is -0.111. The summed E-state index contributed by atoms with van der Waals surface area (Å²) in [5.74, 6) is -0.397. The first-order chi connectivity index (χ1) is 11.3. The standard InChI is InChI=1S/C20H15NOS/c21-14-17(15-7-2-1-3-8-15)13-20(22)23-19-12-6-10-16-9-4-5-11-18(16)19/h1-12,17H,13H2/t17-/m0/s1. The van der Waals surface area contributed by atoms with E-state index in [0.29, 0.717) is 0 Å². The minimum Gasteiger partial charge on any atom is -0.287 e. The highest BCUT2D eigenvalue weighted by atomic mass is 32.2.